The van der Waals surface area contributed by atoms with Crippen LogP contribution in [0, 0.1) is 6.92 Å². The molecule has 0 radical (unpaired) electrons. The molecule has 0 fully saturated rings. The van der Waals surface area contributed by atoms with Gasteiger partial charge in [0.25, 0.3) is 0 Å². The van der Waals surface area contributed by atoms with Gasteiger partial charge in [-0.25, -0.2) is 8.42 Å². The number of carbonyl (C=O) groups excluding carboxylic acids is 1. The maximum absolute atomic E-state index is 12.2. The number of benzene rings is 2. The predicted octanol–water partition coefficient (Wildman–Crippen LogP) is 3.46. The van der Waals surface area contributed by atoms with Gasteiger partial charge in [-0.05, 0) is 36.5 Å². The largest absolute Gasteiger partial charge is 0.356 e. The van der Waals surface area contributed by atoms with Crippen LogP contribution in [0.4, 0.5) is 5.69 Å². The van der Waals surface area contributed by atoms with E-state index in [2.05, 4.69) is 12.2 Å². The summed E-state index contributed by atoms with van der Waals surface area (Å²) in [4.78, 5) is 12.1. The van der Waals surface area contributed by atoms with E-state index in [4.69, 9.17) is 0 Å². The Hall–Kier alpha value is -2.34. The predicted molar refractivity (Wildman–Crippen MR) is 110 cm³/mol. The van der Waals surface area contributed by atoms with Crippen LogP contribution in [-0.4, -0.2) is 33.7 Å². The summed E-state index contributed by atoms with van der Waals surface area (Å²) in [6.45, 7) is 4.80. The zero-order valence-corrected chi connectivity index (χ0v) is 17.0. The first kappa shape index (κ1) is 21.0. The third-order valence-corrected chi connectivity index (χ3v) is 5.70. The lowest BCUT2D eigenvalue weighted by Gasteiger charge is -2.24. The molecule has 0 aliphatic carbocycles. The average molecular weight is 389 g/mol. The minimum absolute atomic E-state index is 0.0592. The van der Waals surface area contributed by atoms with Crippen molar-refractivity contribution in [1.82, 2.24) is 5.32 Å². The van der Waals surface area contributed by atoms with Crippen molar-refractivity contribution in [2.24, 2.45) is 0 Å². The molecule has 6 heteroatoms. The molecule has 1 amide bonds. The molecule has 0 heterocycles. The normalized spacial score (nSPS) is 12.4. The summed E-state index contributed by atoms with van der Waals surface area (Å²) in [7, 11) is -3.40. The van der Waals surface area contributed by atoms with Gasteiger partial charge in [-0.3, -0.25) is 9.10 Å². The van der Waals surface area contributed by atoms with E-state index >= 15 is 0 Å². The third-order valence-electron chi connectivity index (χ3n) is 4.52. The van der Waals surface area contributed by atoms with Crippen LogP contribution in [0.25, 0.3) is 0 Å². The molecule has 2 aromatic rings. The number of nitrogens with one attached hydrogen (secondary N) is 1. The minimum Gasteiger partial charge on any atom is -0.356 e. The zero-order chi connectivity index (χ0) is 19.9. The number of nitrogens with zero attached hydrogens (tertiary/aromatic N) is 1. The summed E-state index contributed by atoms with van der Waals surface area (Å²) in [6.07, 6.45) is 1.95. The summed E-state index contributed by atoms with van der Waals surface area (Å²) >= 11 is 0. The lowest BCUT2D eigenvalue weighted by molar-refractivity contribution is -0.121. The first-order chi connectivity index (χ1) is 12.8. The molecule has 2 rings (SSSR count). The first-order valence-corrected chi connectivity index (χ1v) is 11.0. The van der Waals surface area contributed by atoms with Gasteiger partial charge in [0, 0.05) is 19.5 Å². The molecule has 1 N–H and O–H groups in total. The Bertz CT molecular complexity index is 851. The Balaban J connectivity index is 1.86. The highest BCUT2D eigenvalue weighted by Crippen LogP contribution is 2.22. The van der Waals surface area contributed by atoms with E-state index < -0.39 is 10.0 Å². The van der Waals surface area contributed by atoms with Gasteiger partial charge in [0.1, 0.15) is 0 Å². The Morgan fingerprint density at radius 3 is 2.33 bits per heavy atom. The molecular formula is C21H28N2O3S. The van der Waals surface area contributed by atoms with Crippen molar-refractivity contribution in [2.45, 2.75) is 32.6 Å². The molecule has 5 nitrogen and oxygen atoms in total. The Morgan fingerprint density at radius 2 is 1.70 bits per heavy atom. The van der Waals surface area contributed by atoms with E-state index in [1.54, 1.807) is 6.07 Å². The summed E-state index contributed by atoms with van der Waals surface area (Å²) in [6, 6.07) is 17.4. The van der Waals surface area contributed by atoms with Crippen LogP contribution < -0.4 is 9.62 Å². The van der Waals surface area contributed by atoms with Crippen LogP contribution in [0.5, 0.6) is 0 Å². The number of aryl methyl sites for hydroxylation is 1. The number of para-hydroxylation sites is 1. The number of carbonyl (C=O) groups is 1. The Labute approximate surface area is 162 Å². The minimum atomic E-state index is -3.40. The second-order valence-electron chi connectivity index (χ2n) is 6.84. The maximum Gasteiger partial charge on any atom is 0.232 e. The van der Waals surface area contributed by atoms with E-state index in [1.165, 1.54) is 16.1 Å². The fraction of sp³-hybridized carbons (Fsp3) is 0.381. The van der Waals surface area contributed by atoms with E-state index in [-0.39, 0.29) is 18.4 Å². The average Bonchev–Trinajstić information content (AvgIpc) is 2.64. The van der Waals surface area contributed by atoms with Gasteiger partial charge >= 0.3 is 0 Å². The van der Waals surface area contributed by atoms with E-state index in [0.717, 1.165) is 5.56 Å². The topological polar surface area (TPSA) is 66.5 Å². The molecule has 0 aliphatic rings. The molecule has 1 atom stereocenters. The lowest BCUT2D eigenvalue weighted by atomic mass is 10.0. The number of rotatable bonds is 9. The van der Waals surface area contributed by atoms with Gasteiger partial charge in [0.2, 0.25) is 15.9 Å². The first-order valence-electron chi connectivity index (χ1n) is 9.14. The van der Waals surface area contributed by atoms with Gasteiger partial charge in [0.05, 0.1) is 11.9 Å². The van der Waals surface area contributed by atoms with Gasteiger partial charge in [-0.15, -0.1) is 0 Å². The van der Waals surface area contributed by atoms with E-state index in [9.17, 15) is 13.2 Å². The molecule has 0 aromatic heterocycles. The smallest absolute Gasteiger partial charge is 0.232 e. The van der Waals surface area contributed by atoms with Crippen molar-refractivity contribution >= 4 is 21.6 Å². The van der Waals surface area contributed by atoms with Crippen molar-refractivity contribution in [1.29, 1.82) is 0 Å². The van der Waals surface area contributed by atoms with E-state index in [1.807, 2.05) is 55.5 Å². The summed E-state index contributed by atoms with van der Waals surface area (Å²) in [5.74, 6) is 0.172. The monoisotopic (exact) mass is 388 g/mol. The molecule has 0 bridgehead atoms. The molecule has 0 saturated carbocycles. The highest BCUT2D eigenvalue weighted by Gasteiger charge is 2.19. The summed E-state index contributed by atoms with van der Waals surface area (Å²) < 4.78 is 25.7. The summed E-state index contributed by atoms with van der Waals surface area (Å²) in [5, 5.41) is 2.94. The van der Waals surface area contributed by atoms with Crippen LogP contribution in [0.15, 0.2) is 54.6 Å². The second kappa shape index (κ2) is 9.55. The zero-order valence-electron chi connectivity index (χ0n) is 16.2. The van der Waals surface area contributed by atoms with Crippen molar-refractivity contribution in [3.05, 3.63) is 65.7 Å². The van der Waals surface area contributed by atoms with E-state index in [0.29, 0.717) is 25.1 Å². The van der Waals surface area contributed by atoms with Gasteiger partial charge < -0.3 is 5.32 Å². The van der Waals surface area contributed by atoms with Crippen LogP contribution in [0.1, 0.15) is 36.8 Å². The van der Waals surface area contributed by atoms with Crippen molar-refractivity contribution in [3.63, 3.8) is 0 Å². The highest BCUT2D eigenvalue weighted by molar-refractivity contribution is 7.92. The number of hydrogen-bond acceptors (Lipinski definition) is 3. The SMILES string of the molecule is Cc1ccccc1N(CCCC(=O)NC[C@H](C)c1ccccc1)S(C)(=O)=O. The van der Waals surface area contributed by atoms with Crippen molar-refractivity contribution < 1.29 is 13.2 Å². The molecule has 27 heavy (non-hydrogen) atoms. The number of anilines is 1. The maximum atomic E-state index is 12.2. The second-order valence-corrected chi connectivity index (χ2v) is 8.75. The van der Waals surface area contributed by atoms with Gasteiger partial charge in [-0.1, -0.05) is 55.5 Å². The number of sulfonamides is 1. The van der Waals surface area contributed by atoms with Crippen LogP contribution in [0.2, 0.25) is 0 Å². The van der Waals surface area contributed by atoms with Crippen molar-refractivity contribution in [3.8, 4) is 0 Å². The number of hydrogen-bond donors (Lipinski definition) is 1. The third kappa shape index (κ3) is 6.40. The molecule has 2 aromatic carbocycles. The molecule has 0 aliphatic heterocycles. The standard InChI is InChI=1S/C21H28N2O3S/c1-17-10-7-8-13-20(17)23(27(3,25)26)15-9-14-21(24)22-16-18(2)19-11-5-4-6-12-19/h4-8,10-13,18H,9,14-16H2,1-3H3,(H,22,24)/t18-/m0/s1. The molecule has 0 saturated heterocycles. The summed E-state index contributed by atoms with van der Waals surface area (Å²) in [5.41, 5.74) is 2.74. The lowest BCUT2D eigenvalue weighted by Crippen LogP contribution is -2.33. The van der Waals surface area contributed by atoms with Crippen LogP contribution in [0.3, 0.4) is 0 Å². The van der Waals surface area contributed by atoms with Gasteiger partial charge in [-0.2, -0.15) is 0 Å². The molecule has 146 valence electrons. The molecular weight excluding hydrogens is 360 g/mol. The van der Waals surface area contributed by atoms with Crippen LogP contribution >= 0.6 is 0 Å². The van der Waals surface area contributed by atoms with Crippen LogP contribution in [-0.2, 0) is 14.8 Å². The fourth-order valence-corrected chi connectivity index (χ4v) is 3.97. The Kier molecular flexibility index (Phi) is 7.42. The van der Waals surface area contributed by atoms with Crippen molar-refractivity contribution in [2.75, 3.05) is 23.7 Å². The molecule has 0 spiro atoms. The molecule has 0 unspecified atom stereocenters. The highest BCUT2D eigenvalue weighted by atomic mass is 32.2. The fourth-order valence-electron chi connectivity index (χ4n) is 2.95. The van der Waals surface area contributed by atoms with Gasteiger partial charge in [0.15, 0.2) is 0 Å². The number of amides is 1. The quantitative estimate of drug-likeness (QED) is 0.715. The Morgan fingerprint density at radius 1 is 1.07 bits per heavy atom.